The molecule has 0 spiro atoms. The van der Waals surface area contributed by atoms with E-state index in [0.717, 1.165) is 5.56 Å². The minimum Gasteiger partial charge on any atom is -0.327 e. The number of fused-ring (bicyclic) bond motifs is 1. The highest BCUT2D eigenvalue weighted by atomic mass is 19.1. The molecule has 0 radical (unpaired) electrons. The molecule has 0 unspecified atom stereocenters. The topological polar surface area (TPSA) is 43.8 Å². The van der Waals surface area contributed by atoms with E-state index in [1.165, 1.54) is 0 Å². The zero-order chi connectivity index (χ0) is 15.1. The van der Waals surface area contributed by atoms with Gasteiger partial charge in [0, 0.05) is 25.7 Å². The number of nitrogens with zero attached hydrogens (tertiary/aromatic N) is 2. The van der Waals surface area contributed by atoms with Crippen LogP contribution in [0.1, 0.15) is 5.56 Å². The fourth-order valence-corrected chi connectivity index (χ4v) is 2.42. The highest BCUT2D eigenvalue weighted by molar-refractivity contribution is 5.83. The minimum atomic E-state index is -0.986. The second-order valence-electron chi connectivity index (χ2n) is 4.73. The maximum Gasteiger partial charge on any atom is 0.146 e. The Morgan fingerprint density at radius 1 is 1.14 bits per heavy atom. The predicted molar refractivity (Wildman–Crippen MR) is 73.9 cm³/mol. The zero-order valence-electron chi connectivity index (χ0n) is 11.2. The highest BCUT2D eigenvalue weighted by Crippen LogP contribution is 2.30. The third kappa shape index (κ3) is 2.08. The van der Waals surface area contributed by atoms with Gasteiger partial charge in [-0.1, -0.05) is 12.1 Å². The van der Waals surface area contributed by atoms with E-state index in [4.69, 9.17) is 5.73 Å². The summed E-state index contributed by atoms with van der Waals surface area (Å²) >= 11 is 0. The smallest absolute Gasteiger partial charge is 0.146 e. The second-order valence-corrected chi connectivity index (χ2v) is 4.73. The number of hydrogen-bond acceptors (Lipinski definition) is 2. The fraction of sp³-hybridized carbons (Fsp3) is 0.133. The molecule has 6 heteroatoms. The number of rotatable bonds is 2. The van der Waals surface area contributed by atoms with E-state index in [9.17, 15) is 13.2 Å². The summed E-state index contributed by atoms with van der Waals surface area (Å²) in [5.74, 6) is -2.84. The minimum absolute atomic E-state index is 0.0981. The number of halogens is 3. The van der Waals surface area contributed by atoms with Crippen molar-refractivity contribution < 1.29 is 13.2 Å². The molecule has 0 bridgehead atoms. The first kappa shape index (κ1) is 13.6. The van der Waals surface area contributed by atoms with Gasteiger partial charge in [0.25, 0.3) is 0 Å². The Morgan fingerprint density at radius 2 is 1.81 bits per heavy atom. The third-order valence-corrected chi connectivity index (χ3v) is 3.45. The van der Waals surface area contributed by atoms with E-state index < -0.39 is 17.5 Å². The quantitative estimate of drug-likeness (QED) is 0.788. The Hall–Kier alpha value is -2.34. The van der Waals surface area contributed by atoms with Gasteiger partial charge >= 0.3 is 0 Å². The van der Waals surface area contributed by atoms with Crippen LogP contribution in [-0.2, 0) is 13.6 Å². The van der Waals surface area contributed by atoms with Crippen LogP contribution in [0.5, 0.6) is 0 Å². The number of benzene rings is 2. The van der Waals surface area contributed by atoms with Crippen molar-refractivity contribution in [2.45, 2.75) is 6.54 Å². The first-order chi connectivity index (χ1) is 10.0. The lowest BCUT2D eigenvalue weighted by molar-refractivity contribution is 0.546. The van der Waals surface area contributed by atoms with Gasteiger partial charge in [-0.25, -0.2) is 18.2 Å². The lowest BCUT2D eigenvalue weighted by Gasteiger charge is -2.05. The van der Waals surface area contributed by atoms with Crippen LogP contribution in [0.3, 0.4) is 0 Å². The van der Waals surface area contributed by atoms with Crippen LogP contribution in [0, 0.1) is 17.5 Å². The van der Waals surface area contributed by atoms with Crippen molar-refractivity contribution in [2.75, 3.05) is 0 Å². The Morgan fingerprint density at radius 3 is 2.43 bits per heavy atom. The van der Waals surface area contributed by atoms with Crippen molar-refractivity contribution in [3.63, 3.8) is 0 Å². The van der Waals surface area contributed by atoms with Gasteiger partial charge in [-0.2, -0.15) is 0 Å². The van der Waals surface area contributed by atoms with Gasteiger partial charge in [0.05, 0.1) is 16.6 Å². The predicted octanol–water partition coefficient (Wildman–Crippen LogP) is 3.12. The number of nitrogens with two attached hydrogens (primary N) is 1. The molecule has 3 rings (SSSR count). The van der Waals surface area contributed by atoms with Gasteiger partial charge in [0.2, 0.25) is 0 Å². The van der Waals surface area contributed by atoms with E-state index in [-0.39, 0.29) is 17.9 Å². The van der Waals surface area contributed by atoms with Crippen molar-refractivity contribution >= 4 is 11.0 Å². The second kappa shape index (κ2) is 4.89. The molecule has 0 aliphatic carbocycles. The Kier molecular flexibility index (Phi) is 3.17. The lowest BCUT2D eigenvalue weighted by Crippen LogP contribution is -1.99. The normalized spacial score (nSPS) is 11.3. The van der Waals surface area contributed by atoms with Gasteiger partial charge in [-0.15, -0.1) is 0 Å². The van der Waals surface area contributed by atoms with Crippen LogP contribution in [0.2, 0.25) is 0 Å². The highest BCUT2D eigenvalue weighted by Gasteiger charge is 2.20. The Labute approximate surface area is 118 Å². The summed E-state index contributed by atoms with van der Waals surface area (Å²) in [7, 11) is 1.65. The van der Waals surface area contributed by atoms with Crippen LogP contribution in [-0.4, -0.2) is 9.55 Å². The number of para-hydroxylation sites is 1. The lowest BCUT2D eigenvalue weighted by atomic mass is 10.2. The summed E-state index contributed by atoms with van der Waals surface area (Å²) < 4.78 is 42.4. The first-order valence-corrected chi connectivity index (χ1v) is 6.32. The van der Waals surface area contributed by atoms with Crippen LogP contribution < -0.4 is 5.73 Å². The van der Waals surface area contributed by atoms with Crippen molar-refractivity contribution in [3.8, 4) is 11.4 Å². The number of hydrogen-bond donors (Lipinski definition) is 1. The Balaban J connectivity index is 2.34. The summed E-state index contributed by atoms with van der Waals surface area (Å²) in [6.07, 6.45) is 0. The average molecular weight is 291 g/mol. The van der Waals surface area contributed by atoms with Crippen LogP contribution in [0.25, 0.3) is 22.4 Å². The summed E-state index contributed by atoms with van der Waals surface area (Å²) in [6, 6.07) is 6.66. The van der Waals surface area contributed by atoms with E-state index >= 15 is 0 Å². The SMILES string of the molecule is Cn1c(-c2c(F)cc(F)cc2F)nc2c(CN)cccc21. The molecule has 108 valence electrons. The van der Waals surface area contributed by atoms with Gasteiger partial charge < -0.3 is 10.3 Å². The maximum atomic E-state index is 13.9. The summed E-state index contributed by atoms with van der Waals surface area (Å²) in [5, 5.41) is 0. The number of aryl methyl sites for hydroxylation is 1. The average Bonchev–Trinajstić information content (AvgIpc) is 2.75. The molecule has 0 saturated carbocycles. The molecule has 3 nitrogen and oxygen atoms in total. The first-order valence-electron chi connectivity index (χ1n) is 6.32. The monoisotopic (exact) mass is 291 g/mol. The van der Waals surface area contributed by atoms with Crippen LogP contribution >= 0.6 is 0 Å². The van der Waals surface area contributed by atoms with Crippen molar-refractivity contribution in [1.29, 1.82) is 0 Å². The third-order valence-electron chi connectivity index (χ3n) is 3.45. The molecule has 1 heterocycles. The standard InChI is InChI=1S/C15H12F3N3/c1-21-12-4-2-3-8(7-19)14(12)20-15(21)13-10(17)5-9(16)6-11(13)18/h2-6H,7,19H2,1H3. The fourth-order valence-electron chi connectivity index (χ4n) is 2.42. The molecule has 0 fully saturated rings. The summed E-state index contributed by atoms with van der Waals surface area (Å²) in [6.45, 7) is 0.266. The molecule has 2 aromatic carbocycles. The molecule has 1 aromatic heterocycles. The van der Waals surface area contributed by atoms with Crippen molar-refractivity contribution in [1.82, 2.24) is 9.55 Å². The zero-order valence-corrected chi connectivity index (χ0v) is 11.2. The molecule has 0 amide bonds. The van der Waals surface area contributed by atoms with Gasteiger partial charge in [-0.05, 0) is 11.6 Å². The van der Waals surface area contributed by atoms with Crippen LogP contribution in [0.15, 0.2) is 30.3 Å². The molecule has 0 saturated heterocycles. The van der Waals surface area contributed by atoms with Crippen molar-refractivity contribution in [2.24, 2.45) is 12.8 Å². The molecule has 21 heavy (non-hydrogen) atoms. The number of aromatic nitrogens is 2. The van der Waals surface area contributed by atoms with E-state index in [0.29, 0.717) is 23.2 Å². The molecule has 0 aliphatic rings. The summed E-state index contributed by atoms with van der Waals surface area (Å²) in [4.78, 5) is 4.29. The maximum absolute atomic E-state index is 13.9. The van der Waals surface area contributed by atoms with Crippen molar-refractivity contribution in [3.05, 3.63) is 53.3 Å². The largest absolute Gasteiger partial charge is 0.327 e. The van der Waals surface area contributed by atoms with Gasteiger partial charge in [0.1, 0.15) is 23.3 Å². The molecule has 0 atom stereocenters. The molecule has 2 N–H and O–H groups in total. The summed E-state index contributed by atoms with van der Waals surface area (Å²) in [5.41, 5.74) is 7.36. The molecule has 0 aliphatic heterocycles. The van der Waals surface area contributed by atoms with Crippen LogP contribution in [0.4, 0.5) is 13.2 Å². The van der Waals surface area contributed by atoms with E-state index in [2.05, 4.69) is 4.98 Å². The molecular weight excluding hydrogens is 279 g/mol. The van der Waals surface area contributed by atoms with E-state index in [1.54, 1.807) is 29.8 Å². The van der Waals surface area contributed by atoms with Gasteiger partial charge in [0.15, 0.2) is 0 Å². The Bertz CT molecular complexity index is 817. The molecule has 3 aromatic rings. The van der Waals surface area contributed by atoms with E-state index in [1.807, 2.05) is 0 Å². The molecular formula is C15H12F3N3. The number of imidazole rings is 1. The van der Waals surface area contributed by atoms with Gasteiger partial charge in [-0.3, -0.25) is 0 Å².